The van der Waals surface area contributed by atoms with E-state index in [1.165, 1.54) is 6.07 Å². The monoisotopic (exact) mass is 387 g/mol. The van der Waals surface area contributed by atoms with Crippen LogP contribution >= 0.6 is 31.9 Å². The molecule has 0 aromatic heterocycles. The van der Waals surface area contributed by atoms with Gasteiger partial charge >= 0.3 is 6.18 Å². The first-order chi connectivity index (χ1) is 8.27. The Balaban J connectivity index is 3.16. The van der Waals surface area contributed by atoms with Crippen molar-refractivity contribution in [3.63, 3.8) is 0 Å². The molecular weight excluding hydrogens is 375 g/mol. The number of alkyl halides is 3. The molecule has 0 aliphatic rings. The molecule has 0 aliphatic heterocycles. The van der Waals surface area contributed by atoms with Gasteiger partial charge in [0, 0.05) is 8.95 Å². The zero-order valence-corrected chi connectivity index (χ0v) is 13.2. The van der Waals surface area contributed by atoms with Crippen LogP contribution in [-0.2, 0) is 0 Å². The first-order valence-corrected chi connectivity index (χ1v) is 7.11. The third kappa shape index (κ3) is 3.96. The Morgan fingerprint density at radius 2 is 1.83 bits per heavy atom. The van der Waals surface area contributed by atoms with E-state index in [1.807, 2.05) is 13.8 Å². The minimum atomic E-state index is -4.31. The Bertz CT molecular complexity index is 419. The van der Waals surface area contributed by atoms with Gasteiger partial charge in [-0.25, -0.2) is 0 Å². The van der Waals surface area contributed by atoms with Crippen molar-refractivity contribution in [3.05, 3.63) is 32.2 Å². The van der Waals surface area contributed by atoms with Crippen LogP contribution in [0.2, 0.25) is 0 Å². The van der Waals surface area contributed by atoms with E-state index in [0.29, 0.717) is 21.9 Å². The van der Waals surface area contributed by atoms with Crippen LogP contribution in [0.3, 0.4) is 0 Å². The van der Waals surface area contributed by atoms with Crippen molar-refractivity contribution < 1.29 is 13.2 Å². The average Bonchev–Trinajstić information content (AvgIpc) is 2.24. The second-order valence-corrected chi connectivity index (χ2v) is 5.76. The third-order valence-corrected chi connectivity index (χ3v) is 4.06. The zero-order chi connectivity index (χ0) is 13.9. The van der Waals surface area contributed by atoms with Crippen molar-refractivity contribution in [1.29, 1.82) is 0 Å². The molecule has 6 heteroatoms. The Morgan fingerprint density at radius 3 is 2.33 bits per heavy atom. The van der Waals surface area contributed by atoms with E-state index in [-0.39, 0.29) is 5.56 Å². The molecule has 18 heavy (non-hydrogen) atoms. The third-order valence-electron chi connectivity index (χ3n) is 2.51. The van der Waals surface area contributed by atoms with Gasteiger partial charge in [-0.2, -0.15) is 13.2 Å². The standard InChI is InChI=1S/C12H14Br2F3N/c1-3-4-18-11(12(15,16)17)8-6-9(13)7(2)5-10(8)14/h5-6,11,18H,3-4H2,1-2H3. The van der Waals surface area contributed by atoms with E-state index < -0.39 is 12.2 Å². The topological polar surface area (TPSA) is 12.0 Å². The molecule has 1 nitrogen and oxygen atoms in total. The summed E-state index contributed by atoms with van der Waals surface area (Å²) in [5.41, 5.74) is 1.09. The maximum absolute atomic E-state index is 13.0. The Kier molecular flexibility index (Phi) is 5.67. The molecule has 0 fully saturated rings. The van der Waals surface area contributed by atoms with Crippen LogP contribution in [0.25, 0.3) is 0 Å². The number of rotatable bonds is 4. The quantitative estimate of drug-likeness (QED) is 0.754. The van der Waals surface area contributed by atoms with Gasteiger partial charge < -0.3 is 5.32 Å². The van der Waals surface area contributed by atoms with Gasteiger partial charge in [-0.15, -0.1) is 0 Å². The smallest absolute Gasteiger partial charge is 0.302 e. The van der Waals surface area contributed by atoms with Crippen LogP contribution in [0.1, 0.15) is 30.5 Å². The normalized spacial score (nSPS) is 13.7. The molecule has 0 amide bonds. The van der Waals surface area contributed by atoms with Crippen LogP contribution in [-0.4, -0.2) is 12.7 Å². The van der Waals surface area contributed by atoms with E-state index in [1.54, 1.807) is 6.07 Å². The highest BCUT2D eigenvalue weighted by molar-refractivity contribution is 9.11. The van der Waals surface area contributed by atoms with Gasteiger partial charge in [-0.1, -0.05) is 38.8 Å². The highest BCUT2D eigenvalue weighted by Gasteiger charge is 2.41. The van der Waals surface area contributed by atoms with Crippen molar-refractivity contribution in [3.8, 4) is 0 Å². The Morgan fingerprint density at radius 1 is 1.22 bits per heavy atom. The van der Waals surface area contributed by atoms with Gasteiger partial charge in [-0.05, 0) is 43.1 Å². The van der Waals surface area contributed by atoms with Crippen LogP contribution in [0.4, 0.5) is 13.2 Å². The van der Waals surface area contributed by atoms with Gasteiger partial charge in [0.15, 0.2) is 0 Å². The zero-order valence-electron chi connectivity index (χ0n) is 10.0. The lowest BCUT2D eigenvalue weighted by molar-refractivity contribution is -0.157. The fourth-order valence-corrected chi connectivity index (χ4v) is 2.62. The van der Waals surface area contributed by atoms with Crippen molar-refractivity contribution in [2.75, 3.05) is 6.54 Å². The molecule has 102 valence electrons. The van der Waals surface area contributed by atoms with E-state index in [4.69, 9.17) is 0 Å². The summed E-state index contributed by atoms with van der Waals surface area (Å²) in [6, 6.07) is 1.55. The Hall–Kier alpha value is -0.0700. The van der Waals surface area contributed by atoms with Crippen LogP contribution in [0.15, 0.2) is 21.1 Å². The van der Waals surface area contributed by atoms with Crippen molar-refractivity contribution >= 4 is 31.9 Å². The highest BCUT2D eigenvalue weighted by atomic mass is 79.9. The molecule has 1 N–H and O–H groups in total. The number of benzene rings is 1. The summed E-state index contributed by atoms with van der Waals surface area (Å²) >= 11 is 6.47. The lowest BCUT2D eigenvalue weighted by Gasteiger charge is -2.23. The second kappa shape index (κ2) is 6.39. The summed E-state index contributed by atoms with van der Waals surface area (Å²) < 4.78 is 40.3. The number of nitrogens with one attached hydrogen (secondary N) is 1. The lowest BCUT2D eigenvalue weighted by Crippen LogP contribution is -2.34. The molecule has 0 saturated carbocycles. The minimum absolute atomic E-state index is 0.202. The summed E-state index contributed by atoms with van der Waals surface area (Å²) in [4.78, 5) is 0. The summed E-state index contributed by atoms with van der Waals surface area (Å²) in [5.74, 6) is 0. The fraction of sp³-hybridized carbons (Fsp3) is 0.500. The molecule has 1 aromatic carbocycles. The van der Waals surface area contributed by atoms with Crippen molar-refractivity contribution in [2.45, 2.75) is 32.5 Å². The SMILES string of the molecule is CCCNC(c1cc(Br)c(C)cc1Br)C(F)(F)F. The minimum Gasteiger partial charge on any atom is -0.302 e. The van der Waals surface area contributed by atoms with E-state index in [9.17, 15) is 13.2 Å². The van der Waals surface area contributed by atoms with E-state index >= 15 is 0 Å². The van der Waals surface area contributed by atoms with Gasteiger partial charge in [0.25, 0.3) is 0 Å². The summed E-state index contributed by atoms with van der Waals surface area (Å²) in [5, 5.41) is 2.54. The maximum atomic E-state index is 13.0. The number of hydrogen-bond acceptors (Lipinski definition) is 1. The second-order valence-electron chi connectivity index (χ2n) is 4.05. The largest absolute Gasteiger partial charge is 0.407 e. The van der Waals surface area contributed by atoms with Gasteiger partial charge in [-0.3, -0.25) is 0 Å². The van der Waals surface area contributed by atoms with Gasteiger partial charge in [0.05, 0.1) is 0 Å². The molecule has 1 unspecified atom stereocenters. The molecule has 0 bridgehead atoms. The van der Waals surface area contributed by atoms with Crippen molar-refractivity contribution in [2.24, 2.45) is 0 Å². The molecule has 1 atom stereocenters. The number of halogens is 5. The van der Waals surface area contributed by atoms with Gasteiger partial charge in [0.1, 0.15) is 6.04 Å². The first kappa shape index (κ1) is 16.0. The Labute approximate surface area is 121 Å². The molecule has 0 heterocycles. The summed E-state index contributed by atoms with van der Waals surface area (Å²) in [7, 11) is 0. The maximum Gasteiger partial charge on any atom is 0.407 e. The van der Waals surface area contributed by atoms with E-state index in [2.05, 4.69) is 37.2 Å². The first-order valence-electron chi connectivity index (χ1n) is 5.53. The molecule has 0 saturated heterocycles. The number of hydrogen-bond donors (Lipinski definition) is 1. The van der Waals surface area contributed by atoms with Gasteiger partial charge in [0.2, 0.25) is 0 Å². The van der Waals surface area contributed by atoms with Crippen LogP contribution in [0.5, 0.6) is 0 Å². The molecule has 1 rings (SSSR count). The molecule has 0 aliphatic carbocycles. The predicted octanol–water partition coefficient (Wildman–Crippen LogP) is 5.12. The van der Waals surface area contributed by atoms with Crippen molar-refractivity contribution in [1.82, 2.24) is 5.32 Å². The highest BCUT2D eigenvalue weighted by Crippen LogP contribution is 2.38. The van der Waals surface area contributed by atoms with E-state index in [0.717, 1.165) is 5.56 Å². The molecular formula is C12H14Br2F3N. The summed E-state index contributed by atoms with van der Waals surface area (Å²) in [6.07, 6.45) is -3.66. The van der Waals surface area contributed by atoms with Crippen LogP contribution in [0, 0.1) is 6.92 Å². The summed E-state index contributed by atoms with van der Waals surface area (Å²) in [6.45, 7) is 3.99. The predicted molar refractivity (Wildman–Crippen MR) is 73.7 cm³/mol. The lowest BCUT2D eigenvalue weighted by atomic mass is 10.0. The number of aryl methyl sites for hydroxylation is 1. The average molecular weight is 389 g/mol. The molecule has 0 radical (unpaired) electrons. The molecule has 0 spiro atoms. The molecule has 1 aromatic rings. The fourth-order valence-electron chi connectivity index (χ4n) is 1.57. The van der Waals surface area contributed by atoms with Crippen LogP contribution < -0.4 is 5.32 Å².